The number of hydrogen-bond donors (Lipinski definition) is 0. The van der Waals surface area contributed by atoms with E-state index < -0.39 is 11.4 Å². The Hall–Kier alpha value is -3.87. The zero-order valence-electron chi connectivity index (χ0n) is 22.6. The molecule has 0 radical (unpaired) electrons. The smallest absolute Gasteiger partial charge is 0.410 e. The summed E-state index contributed by atoms with van der Waals surface area (Å²) >= 11 is 3.49. The van der Waals surface area contributed by atoms with E-state index in [1.807, 2.05) is 38.6 Å². The minimum absolute atomic E-state index is 0.0825. The number of amides is 1. The molecule has 4 aromatic heterocycles. The third kappa shape index (κ3) is 5.83. The second-order valence-corrected chi connectivity index (χ2v) is 11.5. The largest absolute Gasteiger partial charge is 0.483 e. The van der Waals surface area contributed by atoms with Crippen LogP contribution in [0.4, 0.5) is 9.18 Å². The molecule has 1 amide bonds. The van der Waals surface area contributed by atoms with Crippen LogP contribution in [0, 0.1) is 12.7 Å². The summed E-state index contributed by atoms with van der Waals surface area (Å²) in [6, 6.07) is 4.38. The van der Waals surface area contributed by atoms with Crippen molar-refractivity contribution in [2.75, 3.05) is 19.7 Å². The summed E-state index contributed by atoms with van der Waals surface area (Å²) in [5.74, 6) is -0.497. The number of ether oxygens (including phenoxy) is 2. The standard InChI is InChI=1S/C27H29BrFN7O4/c1-16-24(32-33-36(16)19-7-9-34(10-8-19)26(38)40-27(2,3)4)17-11-23(25-20(28)13-31-35(25)14-17)39-15-22(37)21-6-5-18(29)12-30-21/h5-6,11-14,19H,7-10,15H2,1-4H3. The van der Waals surface area contributed by atoms with Gasteiger partial charge in [-0.1, -0.05) is 5.21 Å². The lowest BCUT2D eigenvalue weighted by Gasteiger charge is -2.33. The maximum absolute atomic E-state index is 13.2. The van der Waals surface area contributed by atoms with Crippen LogP contribution in [0.3, 0.4) is 0 Å². The summed E-state index contributed by atoms with van der Waals surface area (Å²) in [6.07, 6.45) is 5.60. The van der Waals surface area contributed by atoms with Crippen LogP contribution in [0.25, 0.3) is 16.8 Å². The fourth-order valence-corrected chi connectivity index (χ4v) is 5.09. The molecule has 1 aliphatic heterocycles. The number of nitrogens with zero attached hydrogens (tertiary/aromatic N) is 7. The van der Waals surface area contributed by atoms with Crippen LogP contribution in [0.15, 0.2) is 41.3 Å². The van der Waals surface area contributed by atoms with Crippen LogP contribution in [-0.4, -0.2) is 71.7 Å². The van der Waals surface area contributed by atoms with E-state index in [4.69, 9.17) is 9.47 Å². The zero-order valence-corrected chi connectivity index (χ0v) is 24.2. The van der Waals surface area contributed by atoms with Crippen molar-refractivity contribution in [1.29, 1.82) is 0 Å². The topological polar surface area (TPSA) is 117 Å². The van der Waals surface area contributed by atoms with E-state index in [0.29, 0.717) is 40.1 Å². The lowest BCUT2D eigenvalue weighted by Crippen LogP contribution is -2.42. The van der Waals surface area contributed by atoms with Gasteiger partial charge in [-0.15, -0.1) is 5.10 Å². The molecule has 13 heteroatoms. The Kier molecular flexibility index (Phi) is 7.58. The number of carbonyl (C=O) groups excluding carboxylic acids is 2. The Balaban J connectivity index is 1.35. The molecule has 0 aromatic carbocycles. The molecule has 1 aliphatic rings. The van der Waals surface area contributed by atoms with Crippen LogP contribution in [-0.2, 0) is 4.74 Å². The van der Waals surface area contributed by atoms with Gasteiger partial charge in [-0.25, -0.2) is 23.4 Å². The molecule has 4 aromatic rings. The quantitative estimate of drug-likeness (QED) is 0.278. The molecule has 0 saturated carbocycles. The van der Waals surface area contributed by atoms with Crippen LogP contribution in [0.2, 0.25) is 0 Å². The molecule has 11 nitrogen and oxygen atoms in total. The molecular weight excluding hydrogens is 585 g/mol. The van der Waals surface area contributed by atoms with E-state index >= 15 is 0 Å². The zero-order chi connectivity index (χ0) is 28.6. The van der Waals surface area contributed by atoms with E-state index in [-0.39, 0.29) is 30.2 Å². The molecular formula is C27H29BrFN7O4. The first-order valence-electron chi connectivity index (χ1n) is 12.8. The predicted molar refractivity (Wildman–Crippen MR) is 147 cm³/mol. The molecule has 1 saturated heterocycles. The summed E-state index contributed by atoms with van der Waals surface area (Å²) in [5, 5.41) is 13.3. The third-order valence-electron chi connectivity index (χ3n) is 6.57. The number of piperidine rings is 1. The van der Waals surface area contributed by atoms with Crippen LogP contribution < -0.4 is 4.74 Å². The summed E-state index contributed by atoms with van der Waals surface area (Å²) in [4.78, 5) is 30.6. The average molecular weight is 614 g/mol. The first kappa shape index (κ1) is 27.7. The number of hydrogen-bond acceptors (Lipinski definition) is 8. The van der Waals surface area contributed by atoms with Crippen LogP contribution in [0.5, 0.6) is 5.75 Å². The lowest BCUT2D eigenvalue weighted by atomic mass is 10.0. The van der Waals surface area contributed by atoms with Gasteiger partial charge in [0.25, 0.3) is 0 Å². The fraction of sp³-hybridized carbons (Fsp3) is 0.407. The van der Waals surface area contributed by atoms with Crippen molar-refractivity contribution >= 4 is 33.3 Å². The Morgan fingerprint density at radius 2 is 1.93 bits per heavy atom. The molecule has 40 heavy (non-hydrogen) atoms. The molecule has 0 spiro atoms. The first-order chi connectivity index (χ1) is 19.0. The van der Waals surface area contributed by atoms with Crippen molar-refractivity contribution in [1.82, 2.24) is 34.5 Å². The highest BCUT2D eigenvalue weighted by Crippen LogP contribution is 2.34. The molecule has 210 valence electrons. The number of likely N-dealkylation sites (tertiary alicyclic amines) is 1. The van der Waals surface area contributed by atoms with Gasteiger partial charge in [0, 0.05) is 24.8 Å². The van der Waals surface area contributed by atoms with Crippen molar-refractivity contribution in [2.24, 2.45) is 0 Å². The Bertz CT molecular complexity index is 1550. The molecule has 0 aliphatic carbocycles. The van der Waals surface area contributed by atoms with Gasteiger partial charge in [-0.05, 0) is 74.7 Å². The third-order valence-corrected chi connectivity index (χ3v) is 7.15. The van der Waals surface area contributed by atoms with Crippen molar-refractivity contribution in [3.05, 3.63) is 58.5 Å². The summed E-state index contributed by atoms with van der Waals surface area (Å²) in [5.41, 5.74) is 2.43. The van der Waals surface area contributed by atoms with Gasteiger partial charge >= 0.3 is 6.09 Å². The normalized spacial score (nSPS) is 14.5. The van der Waals surface area contributed by atoms with E-state index in [1.54, 1.807) is 21.7 Å². The number of aromatic nitrogens is 6. The Morgan fingerprint density at radius 1 is 1.18 bits per heavy atom. The van der Waals surface area contributed by atoms with Gasteiger partial charge in [-0.2, -0.15) is 5.10 Å². The molecule has 0 unspecified atom stereocenters. The van der Waals surface area contributed by atoms with E-state index in [0.717, 1.165) is 24.7 Å². The fourth-order valence-electron chi connectivity index (χ4n) is 4.62. The Morgan fingerprint density at radius 3 is 2.60 bits per heavy atom. The second kappa shape index (κ2) is 11.0. The number of pyridine rings is 2. The molecule has 5 rings (SSSR count). The second-order valence-electron chi connectivity index (χ2n) is 10.6. The summed E-state index contributed by atoms with van der Waals surface area (Å²) < 4.78 is 28.9. The van der Waals surface area contributed by atoms with Gasteiger partial charge in [0.2, 0.25) is 5.78 Å². The summed E-state index contributed by atoms with van der Waals surface area (Å²) in [7, 11) is 0. The highest BCUT2D eigenvalue weighted by atomic mass is 79.9. The van der Waals surface area contributed by atoms with Gasteiger partial charge in [0.15, 0.2) is 6.61 Å². The van der Waals surface area contributed by atoms with Gasteiger partial charge in [0.1, 0.15) is 34.1 Å². The summed E-state index contributed by atoms with van der Waals surface area (Å²) in [6.45, 7) is 8.35. The highest BCUT2D eigenvalue weighted by molar-refractivity contribution is 9.10. The molecule has 1 fully saturated rings. The minimum atomic E-state index is -0.537. The van der Waals surface area contributed by atoms with Crippen molar-refractivity contribution < 1.29 is 23.5 Å². The van der Waals surface area contributed by atoms with Crippen LogP contribution >= 0.6 is 15.9 Å². The number of halogens is 2. The highest BCUT2D eigenvalue weighted by Gasteiger charge is 2.29. The molecule has 5 heterocycles. The molecule has 0 N–H and O–H groups in total. The van der Waals surface area contributed by atoms with E-state index in [2.05, 4.69) is 36.3 Å². The number of Topliss-reactive ketones (excluding diaryl/α,β-unsaturated/α-hetero) is 1. The SMILES string of the molecule is Cc1c(-c2cc(OCC(=O)c3ccc(F)cn3)c3c(Br)cnn3c2)nnn1C1CCN(C(=O)OC(C)(C)C)CC1. The lowest BCUT2D eigenvalue weighted by molar-refractivity contribution is 0.0183. The van der Waals surface area contributed by atoms with Gasteiger partial charge in [0.05, 0.1) is 28.6 Å². The van der Waals surface area contributed by atoms with E-state index in [1.165, 1.54) is 12.1 Å². The first-order valence-corrected chi connectivity index (χ1v) is 13.6. The average Bonchev–Trinajstić information content (AvgIpc) is 3.49. The number of carbonyl (C=O) groups is 2. The van der Waals surface area contributed by atoms with Crippen LogP contribution in [0.1, 0.15) is 55.8 Å². The maximum Gasteiger partial charge on any atom is 0.410 e. The van der Waals surface area contributed by atoms with Gasteiger partial charge in [-0.3, -0.25) is 4.79 Å². The number of ketones is 1. The van der Waals surface area contributed by atoms with Gasteiger partial charge < -0.3 is 14.4 Å². The number of rotatable bonds is 6. The monoisotopic (exact) mass is 613 g/mol. The van der Waals surface area contributed by atoms with Crippen molar-refractivity contribution in [3.8, 4) is 17.0 Å². The molecule has 0 bridgehead atoms. The number of fused-ring (bicyclic) bond motifs is 1. The van der Waals surface area contributed by atoms with E-state index in [9.17, 15) is 14.0 Å². The maximum atomic E-state index is 13.2. The minimum Gasteiger partial charge on any atom is -0.483 e. The van der Waals surface area contributed by atoms with Crippen molar-refractivity contribution in [2.45, 2.75) is 52.2 Å². The predicted octanol–water partition coefficient (Wildman–Crippen LogP) is 5.03. The van der Waals surface area contributed by atoms with Crippen molar-refractivity contribution in [3.63, 3.8) is 0 Å². The molecule has 0 atom stereocenters. The Labute approximate surface area is 238 Å².